The van der Waals surface area contributed by atoms with Gasteiger partial charge in [0.05, 0.1) is 7.11 Å². The lowest BCUT2D eigenvalue weighted by molar-refractivity contribution is -0.147. The van der Waals surface area contributed by atoms with Crippen LogP contribution >= 0.6 is 15.9 Å². The van der Waals surface area contributed by atoms with Gasteiger partial charge in [-0.15, -0.1) is 0 Å². The topological polar surface area (TPSA) is 95.9 Å². The van der Waals surface area contributed by atoms with Crippen molar-refractivity contribution < 1.29 is 24.2 Å². The zero-order chi connectivity index (χ0) is 18.9. The Labute approximate surface area is 159 Å². The Morgan fingerprint density at radius 2 is 1.96 bits per heavy atom. The van der Waals surface area contributed by atoms with Crippen LogP contribution in [-0.4, -0.2) is 53.2 Å². The van der Waals surface area contributed by atoms with E-state index in [0.29, 0.717) is 19.4 Å². The largest absolute Gasteiger partial charge is 0.467 e. The average Bonchev–Trinajstić information content (AvgIpc) is 3.36. The van der Waals surface area contributed by atoms with E-state index in [4.69, 9.17) is 4.74 Å². The van der Waals surface area contributed by atoms with Crippen molar-refractivity contribution in [2.24, 2.45) is 0 Å². The van der Waals surface area contributed by atoms with E-state index in [-0.39, 0.29) is 5.92 Å². The molecular formula is C18H21BrN2O5. The molecule has 1 aromatic rings. The Morgan fingerprint density at radius 3 is 2.58 bits per heavy atom. The number of carbonyl (C=O) groups is 3. The minimum atomic E-state index is -1.12. The summed E-state index contributed by atoms with van der Waals surface area (Å²) >= 11 is 3.38. The van der Waals surface area contributed by atoms with Crippen LogP contribution in [-0.2, 0) is 14.3 Å². The predicted octanol–water partition coefficient (Wildman–Crippen LogP) is 2.50. The Hall–Kier alpha value is -2.09. The number of ether oxygens (including phenoxy) is 1. The lowest BCUT2D eigenvalue weighted by Gasteiger charge is -2.33. The number of hydrogen-bond acceptors (Lipinski definition) is 4. The molecule has 1 aliphatic carbocycles. The molecule has 8 heteroatoms. The molecule has 1 saturated carbocycles. The fourth-order valence-corrected chi connectivity index (χ4v) is 3.96. The van der Waals surface area contributed by atoms with Crippen molar-refractivity contribution in [2.75, 3.05) is 13.7 Å². The molecule has 0 bridgehead atoms. The van der Waals surface area contributed by atoms with Gasteiger partial charge in [-0.3, -0.25) is 9.69 Å². The average molecular weight is 425 g/mol. The molecule has 1 aromatic carbocycles. The highest BCUT2D eigenvalue weighted by atomic mass is 79.9. The summed E-state index contributed by atoms with van der Waals surface area (Å²) in [5, 5.41) is 12.1. The van der Waals surface area contributed by atoms with Gasteiger partial charge in [-0.25, -0.2) is 9.59 Å². The highest BCUT2D eigenvalue weighted by Gasteiger charge is 2.63. The number of benzene rings is 1. The van der Waals surface area contributed by atoms with Crippen molar-refractivity contribution in [1.82, 2.24) is 10.2 Å². The molecule has 3 atom stereocenters. The van der Waals surface area contributed by atoms with Crippen LogP contribution in [0.15, 0.2) is 28.7 Å². The Kier molecular flexibility index (Phi) is 5.22. The monoisotopic (exact) mass is 424 g/mol. The molecule has 2 amide bonds. The maximum absolute atomic E-state index is 12.8. The number of halogens is 1. The highest BCUT2D eigenvalue weighted by Crippen LogP contribution is 2.52. The zero-order valence-corrected chi connectivity index (χ0v) is 16.0. The zero-order valence-electron chi connectivity index (χ0n) is 14.4. The molecule has 1 unspecified atom stereocenters. The number of carboxylic acid groups (broad SMARTS) is 1. The van der Waals surface area contributed by atoms with E-state index in [2.05, 4.69) is 21.2 Å². The van der Waals surface area contributed by atoms with Crippen LogP contribution in [0.5, 0.6) is 0 Å². The first-order chi connectivity index (χ1) is 12.4. The van der Waals surface area contributed by atoms with Crippen molar-refractivity contribution in [2.45, 2.75) is 43.2 Å². The predicted molar refractivity (Wildman–Crippen MR) is 96.8 cm³/mol. The third kappa shape index (κ3) is 3.42. The third-order valence-corrected chi connectivity index (χ3v) is 5.71. The van der Waals surface area contributed by atoms with Gasteiger partial charge in [-0.05, 0) is 43.4 Å². The molecule has 3 rings (SSSR count). The first kappa shape index (κ1) is 18.7. The van der Waals surface area contributed by atoms with Crippen molar-refractivity contribution >= 4 is 33.9 Å². The third-order valence-electron chi connectivity index (χ3n) is 5.18. The molecule has 140 valence electrons. The molecule has 2 N–H and O–H groups in total. The summed E-state index contributed by atoms with van der Waals surface area (Å²) in [6.07, 6.45) is 1.30. The lowest BCUT2D eigenvalue weighted by Crippen LogP contribution is -2.56. The minimum absolute atomic E-state index is 0.186. The Morgan fingerprint density at radius 1 is 1.27 bits per heavy atom. The summed E-state index contributed by atoms with van der Waals surface area (Å²) in [7, 11) is 1.29. The number of amides is 2. The van der Waals surface area contributed by atoms with Gasteiger partial charge in [0.15, 0.2) is 0 Å². The second-order valence-electron chi connectivity index (χ2n) is 6.75. The van der Waals surface area contributed by atoms with E-state index in [9.17, 15) is 19.5 Å². The molecule has 0 spiro atoms. The van der Waals surface area contributed by atoms with Crippen LogP contribution in [0.25, 0.3) is 0 Å². The fourth-order valence-electron chi connectivity index (χ4n) is 3.69. The van der Waals surface area contributed by atoms with Crippen molar-refractivity contribution in [3.63, 3.8) is 0 Å². The molecule has 2 aliphatic rings. The molecule has 26 heavy (non-hydrogen) atoms. The maximum Gasteiger partial charge on any atom is 0.407 e. The van der Waals surface area contributed by atoms with E-state index < -0.39 is 29.6 Å². The first-order valence-corrected chi connectivity index (χ1v) is 9.34. The van der Waals surface area contributed by atoms with E-state index >= 15 is 0 Å². The summed E-state index contributed by atoms with van der Waals surface area (Å²) in [6, 6.07) is 6.79. The Balaban J connectivity index is 1.79. The van der Waals surface area contributed by atoms with Gasteiger partial charge in [0.1, 0.15) is 11.6 Å². The minimum Gasteiger partial charge on any atom is -0.467 e. The van der Waals surface area contributed by atoms with E-state index in [0.717, 1.165) is 27.8 Å². The van der Waals surface area contributed by atoms with Crippen LogP contribution in [0.1, 0.15) is 37.2 Å². The van der Waals surface area contributed by atoms with Gasteiger partial charge in [0, 0.05) is 16.9 Å². The van der Waals surface area contributed by atoms with Gasteiger partial charge >= 0.3 is 12.1 Å². The SMILES string of the molecule is COC(=O)[C@]1(NC(=O)C2CCCCN2C(=O)O)C[C@H]1c1ccc(Br)cc1. The number of nitrogens with one attached hydrogen (secondary N) is 1. The molecule has 2 fully saturated rings. The maximum atomic E-state index is 12.8. The quantitative estimate of drug-likeness (QED) is 0.723. The van der Waals surface area contributed by atoms with Crippen LogP contribution in [0.4, 0.5) is 4.79 Å². The Bertz CT molecular complexity index is 723. The van der Waals surface area contributed by atoms with Crippen molar-refractivity contribution in [1.29, 1.82) is 0 Å². The van der Waals surface area contributed by atoms with E-state index in [1.54, 1.807) is 0 Å². The molecular weight excluding hydrogens is 404 g/mol. The number of likely N-dealkylation sites (tertiary alicyclic amines) is 1. The number of carbonyl (C=O) groups excluding carboxylic acids is 2. The van der Waals surface area contributed by atoms with Gasteiger partial charge in [0.25, 0.3) is 0 Å². The number of hydrogen-bond donors (Lipinski definition) is 2. The standard InChI is InChI=1S/C18H21BrN2O5/c1-26-16(23)18(10-13(18)11-5-7-12(19)8-6-11)20-15(22)14-4-2-3-9-21(14)17(24)25/h5-8,13-14H,2-4,9-10H2,1H3,(H,20,22)(H,24,25)/t13-,14?,18-/m0/s1. The van der Waals surface area contributed by atoms with Gasteiger partial charge in [-0.2, -0.15) is 0 Å². The van der Waals surface area contributed by atoms with Crippen molar-refractivity contribution in [3.05, 3.63) is 34.3 Å². The van der Waals surface area contributed by atoms with Crippen LogP contribution in [0.2, 0.25) is 0 Å². The number of methoxy groups -OCH3 is 1. The fraction of sp³-hybridized carbons (Fsp3) is 0.500. The number of rotatable bonds is 4. The molecule has 1 saturated heterocycles. The molecule has 0 aromatic heterocycles. The summed E-state index contributed by atoms with van der Waals surface area (Å²) in [6.45, 7) is 0.328. The molecule has 7 nitrogen and oxygen atoms in total. The van der Waals surface area contributed by atoms with Crippen LogP contribution < -0.4 is 5.32 Å². The number of nitrogens with zero attached hydrogens (tertiary/aromatic N) is 1. The normalized spacial score (nSPS) is 27.5. The van der Waals surface area contributed by atoms with Gasteiger partial charge in [0.2, 0.25) is 5.91 Å². The number of piperidine rings is 1. The van der Waals surface area contributed by atoms with E-state index in [1.165, 1.54) is 7.11 Å². The highest BCUT2D eigenvalue weighted by molar-refractivity contribution is 9.10. The lowest BCUT2D eigenvalue weighted by atomic mass is 10.0. The van der Waals surface area contributed by atoms with Gasteiger partial charge < -0.3 is 15.2 Å². The number of esters is 1. The summed E-state index contributed by atoms with van der Waals surface area (Å²) in [4.78, 5) is 37.8. The second kappa shape index (κ2) is 7.26. The van der Waals surface area contributed by atoms with Crippen molar-refractivity contribution in [3.8, 4) is 0 Å². The summed E-state index contributed by atoms with van der Waals surface area (Å²) in [5.41, 5.74) is -0.195. The molecule has 0 radical (unpaired) electrons. The first-order valence-electron chi connectivity index (χ1n) is 8.54. The van der Waals surface area contributed by atoms with Gasteiger partial charge in [-0.1, -0.05) is 28.1 Å². The second-order valence-corrected chi connectivity index (χ2v) is 7.66. The van der Waals surface area contributed by atoms with Crippen LogP contribution in [0, 0.1) is 0 Å². The summed E-state index contributed by atoms with van der Waals surface area (Å²) < 4.78 is 5.85. The summed E-state index contributed by atoms with van der Waals surface area (Å²) in [5.74, 6) is -1.12. The van der Waals surface area contributed by atoms with E-state index in [1.807, 2.05) is 24.3 Å². The molecule has 1 aliphatic heterocycles. The smallest absolute Gasteiger partial charge is 0.407 e. The molecule has 1 heterocycles. The van der Waals surface area contributed by atoms with Crippen LogP contribution in [0.3, 0.4) is 0 Å².